The van der Waals surface area contributed by atoms with Gasteiger partial charge in [-0.05, 0) is 71.1 Å². The lowest BCUT2D eigenvalue weighted by Crippen LogP contribution is -2.71. The second-order valence-corrected chi connectivity index (χ2v) is 24.1. The van der Waals surface area contributed by atoms with Gasteiger partial charge >= 0.3 is 5.97 Å². The van der Waals surface area contributed by atoms with Gasteiger partial charge < -0.3 is 71.1 Å². The molecule has 5 heterocycles. The Hall–Kier alpha value is -8.51. The van der Waals surface area contributed by atoms with Crippen LogP contribution in [0, 0.1) is 0 Å². The van der Waals surface area contributed by atoms with Crippen molar-refractivity contribution < 1.29 is 85.4 Å². The Labute approximate surface area is 557 Å². The Bertz CT molecular complexity index is 3730. The average molecular weight is 1300 g/mol. The largest absolute Gasteiger partial charge is 0.497 e. The zero-order valence-electron chi connectivity index (χ0n) is 53.4. The Morgan fingerprint density at radius 3 is 1.46 bits per heavy atom. The average Bonchev–Trinajstić information content (AvgIpc) is 1.39. The number of methoxy groups -OCH3 is 1. The molecule has 4 fully saturated rings. The summed E-state index contributed by atoms with van der Waals surface area (Å²) in [5.41, 5.74) is 5.33. The maximum atomic E-state index is 15.2. The molecular weight excluding hydrogens is 1230 g/mol. The van der Waals surface area contributed by atoms with E-state index >= 15 is 9.59 Å². The van der Waals surface area contributed by atoms with Gasteiger partial charge in [0.2, 0.25) is 6.29 Å². The Kier molecular flexibility index (Phi) is 21.7. The molecule has 1 unspecified atom stereocenters. The second kappa shape index (κ2) is 31.6. The van der Waals surface area contributed by atoms with E-state index in [2.05, 4.69) is 0 Å². The van der Waals surface area contributed by atoms with E-state index in [4.69, 9.17) is 71.1 Å². The van der Waals surface area contributed by atoms with E-state index < -0.39 is 116 Å². The molecular formula is C77H77NO18. The van der Waals surface area contributed by atoms with Crippen LogP contribution in [0.4, 0.5) is 0 Å². The van der Waals surface area contributed by atoms with E-state index in [1.54, 1.807) is 55.6 Å². The number of nitrogens with zero attached hydrogens (tertiary/aromatic N) is 1. The van der Waals surface area contributed by atoms with Crippen LogP contribution in [-0.2, 0) is 99.4 Å². The molecule has 19 heteroatoms. The molecule has 4 saturated heterocycles. The molecule has 0 N–H and O–H groups in total. The van der Waals surface area contributed by atoms with Crippen LogP contribution in [0.2, 0.25) is 0 Å². The van der Waals surface area contributed by atoms with E-state index in [1.165, 1.54) is 6.92 Å². The Balaban J connectivity index is 0.951. The van der Waals surface area contributed by atoms with Gasteiger partial charge in [0.1, 0.15) is 66.4 Å². The molecule has 16 atom stereocenters. The van der Waals surface area contributed by atoms with Crippen molar-refractivity contribution in [2.24, 2.45) is 0 Å². The van der Waals surface area contributed by atoms with Crippen LogP contribution in [0.5, 0.6) is 11.5 Å². The highest BCUT2D eigenvalue weighted by molar-refractivity contribution is 6.21. The number of carbonyl (C=O) groups is 3. The minimum atomic E-state index is -1.65. The Morgan fingerprint density at radius 2 is 0.927 bits per heavy atom. The fourth-order valence-corrected chi connectivity index (χ4v) is 12.8. The number of esters is 1. The molecule has 0 bridgehead atoms. The minimum absolute atomic E-state index is 0.00916. The molecule has 5 aliphatic rings. The zero-order valence-corrected chi connectivity index (χ0v) is 53.4. The predicted molar refractivity (Wildman–Crippen MR) is 347 cm³/mol. The number of ether oxygens (including phenoxy) is 15. The summed E-state index contributed by atoms with van der Waals surface area (Å²) in [6.07, 6.45) is -17.6. The lowest BCUT2D eigenvalue weighted by molar-refractivity contribution is -0.396. The molecule has 19 nitrogen and oxygen atoms in total. The van der Waals surface area contributed by atoms with Crippen molar-refractivity contribution in [3.63, 3.8) is 0 Å². The molecule has 5 aliphatic heterocycles. The summed E-state index contributed by atoms with van der Waals surface area (Å²) in [5, 5.41) is 0. The third-order valence-corrected chi connectivity index (χ3v) is 17.6. The number of carbonyl (C=O) groups excluding carboxylic acids is 3. The highest BCUT2D eigenvalue weighted by atomic mass is 16.8. The lowest BCUT2D eigenvalue weighted by Gasteiger charge is -2.53. The minimum Gasteiger partial charge on any atom is -0.497 e. The van der Waals surface area contributed by atoms with Gasteiger partial charge in [0.05, 0.1) is 70.6 Å². The van der Waals surface area contributed by atoms with Crippen LogP contribution < -0.4 is 9.47 Å². The number of benzene rings is 8. The summed E-state index contributed by atoms with van der Waals surface area (Å²) in [6, 6.07) is 70.0. The maximum absolute atomic E-state index is 15.2. The fraction of sp³-hybridized carbons (Fsp3) is 0.338. The monoisotopic (exact) mass is 1300 g/mol. The van der Waals surface area contributed by atoms with Gasteiger partial charge in [0.15, 0.2) is 31.1 Å². The first-order valence-electron chi connectivity index (χ1n) is 32.4. The summed E-state index contributed by atoms with van der Waals surface area (Å²) in [7, 11) is 1.57. The number of fused-ring (bicyclic) bond motifs is 2. The highest BCUT2D eigenvalue weighted by Gasteiger charge is 2.61. The third kappa shape index (κ3) is 15.6. The van der Waals surface area contributed by atoms with Crippen LogP contribution in [-0.4, -0.2) is 135 Å². The topological polar surface area (TPSA) is 193 Å². The van der Waals surface area contributed by atoms with Gasteiger partial charge in [-0.3, -0.25) is 19.3 Å². The van der Waals surface area contributed by atoms with E-state index in [-0.39, 0.29) is 57.4 Å². The molecule has 96 heavy (non-hydrogen) atoms. The fourth-order valence-electron chi connectivity index (χ4n) is 12.8. The number of imide groups is 1. The number of amides is 2. The van der Waals surface area contributed by atoms with Gasteiger partial charge in [-0.25, -0.2) is 0 Å². The number of rotatable bonds is 26. The smallest absolute Gasteiger partial charge is 0.303 e. The quantitative estimate of drug-likeness (QED) is 0.0367. The molecule has 0 aliphatic carbocycles. The first-order valence-corrected chi connectivity index (χ1v) is 32.4. The van der Waals surface area contributed by atoms with Crippen molar-refractivity contribution in [1.82, 2.24) is 4.90 Å². The molecule has 8 aromatic carbocycles. The van der Waals surface area contributed by atoms with Crippen LogP contribution in [0.3, 0.4) is 0 Å². The molecule has 0 aromatic heterocycles. The standard InChI is InChI=1S/C77H77NO18/c1-49-64(84-43-52-26-12-5-13-27-52)69(95-75-63(78-72(80)59-36-22-23-37-60(59)73(78)81)67(90-50(2)79)66-62(92-75)48-88-74(94-66)56-34-20-9-21-35-56)71(77(89-49)91-58-40-38-57(82-3)39-41-58)96-76-70(87-46-55-32-18-8-19-33-55)68(86-45-54-30-16-7-17-31-54)65(85-44-53-28-14-6-15-29-53)61(93-76)47-83-42-51-24-10-4-11-25-51/h4-41,49,61-71,74-77H,42-48H2,1-3H3/t49-,61+,62+,63+,64-,65+,66+,67+,68-,69+,70+,71+,74?,75-,76+,77-/m0/s1. The molecule has 2 amide bonds. The van der Waals surface area contributed by atoms with Gasteiger partial charge in [0, 0.05) is 12.5 Å². The second-order valence-electron chi connectivity index (χ2n) is 24.1. The van der Waals surface area contributed by atoms with Crippen molar-refractivity contribution in [1.29, 1.82) is 0 Å². The predicted octanol–water partition coefficient (Wildman–Crippen LogP) is 11.3. The van der Waals surface area contributed by atoms with E-state index in [1.807, 2.05) is 189 Å². The highest BCUT2D eigenvalue weighted by Crippen LogP contribution is 2.43. The van der Waals surface area contributed by atoms with Crippen LogP contribution >= 0.6 is 0 Å². The van der Waals surface area contributed by atoms with Gasteiger partial charge in [0.25, 0.3) is 11.8 Å². The van der Waals surface area contributed by atoms with Crippen molar-refractivity contribution >= 4 is 17.8 Å². The van der Waals surface area contributed by atoms with Crippen LogP contribution in [0.15, 0.2) is 231 Å². The van der Waals surface area contributed by atoms with Crippen molar-refractivity contribution in [3.05, 3.63) is 275 Å². The van der Waals surface area contributed by atoms with Gasteiger partial charge in [-0.1, -0.05) is 194 Å². The van der Waals surface area contributed by atoms with E-state index in [0.717, 1.165) is 32.7 Å². The Morgan fingerprint density at radius 1 is 0.458 bits per heavy atom. The van der Waals surface area contributed by atoms with Crippen molar-refractivity contribution in [3.8, 4) is 11.5 Å². The third-order valence-electron chi connectivity index (χ3n) is 17.6. The first kappa shape index (κ1) is 66.1. The summed E-state index contributed by atoms with van der Waals surface area (Å²) in [6.45, 7) is 3.62. The van der Waals surface area contributed by atoms with Crippen molar-refractivity contribution in [2.45, 2.75) is 145 Å². The maximum Gasteiger partial charge on any atom is 0.303 e. The number of hydrogen-bond acceptors (Lipinski definition) is 18. The first-order chi connectivity index (χ1) is 47.1. The zero-order chi connectivity index (χ0) is 65.7. The summed E-state index contributed by atoms with van der Waals surface area (Å²) in [5.74, 6) is -1.14. The summed E-state index contributed by atoms with van der Waals surface area (Å²) >= 11 is 0. The molecule has 13 rings (SSSR count). The lowest BCUT2D eigenvalue weighted by atomic mass is 9.93. The van der Waals surface area contributed by atoms with E-state index in [0.29, 0.717) is 17.1 Å². The van der Waals surface area contributed by atoms with E-state index in [9.17, 15) is 4.79 Å². The molecule has 0 saturated carbocycles. The SMILES string of the molecule is COc1ccc(O[C@@H]2O[C@@H](C)[C@H](OCc3ccccc3)[C@@H](O[C@@H]3O[C@@H]4COC(c5ccccc5)O[C@H]4[C@H](OC(C)=O)[C@H]3N3C(=O)c4ccccc4C3=O)[C@H]2O[C@H]2O[C@H](COCc3ccccc3)[C@@H](OCc3ccccc3)[C@H](OCc3ccccc3)[C@H]2OCc2ccccc2)cc1. The molecule has 0 radical (unpaired) electrons. The van der Waals surface area contributed by atoms with Crippen LogP contribution in [0.1, 0.15) is 74.2 Å². The summed E-state index contributed by atoms with van der Waals surface area (Å²) in [4.78, 5) is 45.1. The summed E-state index contributed by atoms with van der Waals surface area (Å²) < 4.78 is 104. The van der Waals surface area contributed by atoms with Gasteiger partial charge in [-0.15, -0.1) is 0 Å². The molecule has 8 aromatic rings. The van der Waals surface area contributed by atoms with Crippen molar-refractivity contribution in [2.75, 3.05) is 20.3 Å². The molecule has 0 spiro atoms. The normalized spacial score (nSPS) is 27.9. The number of hydrogen-bond donors (Lipinski definition) is 0. The van der Waals surface area contributed by atoms with Gasteiger partial charge in [-0.2, -0.15) is 0 Å². The van der Waals surface area contributed by atoms with Crippen LogP contribution in [0.25, 0.3) is 0 Å². The molecule has 498 valence electrons.